The number of nitrogens with one attached hydrogen (secondary N) is 1. The minimum Gasteiger partial charge on any atom is -0.383 e. The van der Waals surface area contributed by atoms with Gasteiger partial charge in [0.25, 0.3) is 0 Å². The van der Waals surface area contributed by atoms with Gasteiger partial charge in [0.1, 0.15) is 0 Å². The molecule has 0 aliphatic heterocycles. The fourth-order valence-corrected chi connectivity index (χ4v) is 2.92. The fraction of sp³-hybridized carbons (Fsp3) is 0.625. The quantitative estimate of drug-likeness (QED) is 0.745. The van der Waals surface area contributed by atoms with Crippen molar-refractivity contribution in [3.05, 3.63) is 28.8 Å². The van der Waals surface area contributed by atoms with Gasteiger partial charge in [0, 0.05) is 33.3 Å². The number of anilines is 1. The Morgan fingerprint density at radius 3 is 2.85 bits per heavy atom. The number of methoxy groups -OCH3 is 1. The standard InChI is InChI=1S/C16H25ClN2O/c1-12(13-7-8-13)19(2)16-14(5-4-6-15(16)17)11-18-9-10-20-3/h4-6,12-13,18H,7-11H2,1-3H3. The van der Waals surface area contributed by atoms with Crippen LogP contribution in [0.3, 0.4) is 0 Å². The van der Waals surface area contributed by atoms with Crippen molar-refractivity contribution in [2.75, 3.05) is 32.2 Å². The molecule has 0 heterocycles. The minimum atomic E-state index is 0.549. The molecule has 0 saturated heterocycles. The number of benzene rings is 1. The zero-order valence-corrected chi connectivity index (χ0v) is 13.4. The monoisotopic (exact) mass is 296 g/mol. The summed E-state index contributed by atoms with van der Waals surface area (Å²) >= 11 is 6.44. The number of para-hydroxylation sites is 1. The molecule has 20 heavy (non-hydrogen) atoms. The molecular formula is C16H25ClN2O. The van der Waals surface area contributed by atoms with E-state index < -0.39 is 0 Å². The second-order valence-corrected chi connectivity index (χ2v) is 6.01. The summed E-state index contributed by atoms with van der Waals surface area (Å²) in [5.74, 6) is 0.825. The third-order valence-corrected chi connectivity index (χ3v) is 4.44. The molecule has 1 aliphatic carbocycles. The number of hydrogen-bond donors (Lipinski definition) is 1. The second-order valence-electron chi connectivity index (χ2n) is 5.61. The van der Waals surface area contributed by atoms with Gasteiger partial charge in [-0.1, -0.05) is 23.7 Å². The van der Waals surface area contributed by atoms with Crippen LogP contribution in [0.2, 0.25) is 5.02 Å². The lowest BCUT2D eigenvalue weighted by Crippen LogP contribution is -2.32. The van der Waals surface area contributed by atoms with E-state index in [1.807, 2.05) is 12.1 Å². The first-order valence-corrected chi connectivity index (χ1v) is 7.72. The molecule has 1 aliphatic rings. The molecule has 3 nitrogen and oxygen atoms in total. The van der Waals surface area contributed by atoms with Gasteiger partial charge in [-0.2, -0.15) is 0 Å². The Balaban J connectivity index is 2.08. The fourth-order valence-electron chi connectivity index (χ4n) is 2.59. The van der Waals surface area contributed by atoms with E-state index in [-0.39, 0.29) is 0 Å². The maximum atomic E-state index is 6.44. The predicted octanol–water partition coefficient (Wildman–Crippen LogP) is 3.31. The molecule has 4 heteroatoms. The molecule has 0 spiro atoms. The van der Waals surface area contributed by atoms with Gasteiger partial charge >= 0.3 is 0 Å². The third-order valence-electron chi connectivity index (χ3n) is 4.14. The Morgan fingerprint density at radius 1 is 1.45 bits per heavy atom. The van der Waals surface area contributed by atoms with E-state index in [9.17, 15) is 0 Å². The van der Waals surface area contributed by atoms with E-state index in [4.69, 9.17) is 16.3 Å². The maximum absolute atomic E-state index is 6.44. The van der Waals surface area contributed by atoms with Crippen LogP contribution in [0.4, 0.5) is 5.69 Å². The number of ether oxygens (including phenoxy) is 1. The first kappa shape index (κ1) is 15.6. The predicted molar refractivity (Wildman–Crippen MR) is 85.6 cm³/mol. The lowest BCUT2D eigenvalue weighted by molar-refractivity contribution is 0.199. The van der Waals surface area contributed by atoms with Crippen molar-refractivity contribution in [2.24, 2.45) is 5.92 Å². The van der Waals surface area contributed by atoms with E-state index in [1.165, 1.54) is 24.1 Å². The van der Waals surface area contributed by atoms with E-state index >= 15 is 0 Å². The summed E-state index contributed by atoms with van der Waals surface area (Å²) in [5.41, 5.74) is 2.42. The molecule has 1 aromatic carbocycles. The van der Waals surface area contributed by atoms with Crippen molar-refractivity contribution in [1.29, 1.82) is 0 Å². The third kappa shape index (κ3) is 3.87. The van der Waals surface area contributed by atoms with Gasteiger partial charge < -0.3 is 15.0 Å². The maximum Gasteiger partial charge on any atom is 0.0642 e. The van der Waals surface area contributed by atoms with E-state index in [1.54, 1.807) is 7.11 Å². The molecule has 2 rings (SSSR count). The van der Waals surface area contributed by atoms with Gasteiger partial charge in [0.05, 0.1) is 17.3 Å². The highest BCUT2D eigenvalue weighted by Crippen LogP contribution is 2.39. The van der Waals surface area contributed by atoms with Crippen molar-refractivity contribution in [2.45, 2.75) is 32.4 Å². The van der Waals surface area contributed by atoms with Crippen LogP contribution >= 0.6 is 11.6 Å². The van der Waals surface area contributed by atoms with Crippen LogP contribution in [0, 0.1) is 5.92 Å². The Hall–Kier alpha value is -0.770. The molecule has 0 radical (unpaired) electrons. The SMILES string of the molecule is COCCNCc1cccc(Cl)c1N(C)C(C)C1CC1. The first-order valence-electron chi connectivity index (χ1n) is 7.35. The Labute approximate surface area is 127 Å². The summed E-state index contributed by atoms with van der Waals surface area (Å²) in [6.07, 6.45) is 2.69. The normalized spacial score (nSPS) is 16.2. The molecule has 0 bridgehead atoms. The molecule has 1 aromatic rings. The summed E-state index contributed by atoms with van der Waals surface area (Å²) in [6, 6.07) is 6.70. The van der Waals surface area contributed by atoms with Crippen molar-refractivity contribution in [1.82, 2.24) is 5.32 Å². The van der Waals surface area contributed by atoms with Crippen LogP contribution in [0.15, 0.2) is 18.2 Å². The van der Waals surface area contributed by atoms with Crippen LogP contribution < -0.4 is 10.2 Å². The molecular weight excluding hydrogens is 272 g/mol. The Bertz CT molecular complexity index is 434. The van der Waals surface area contributed by atoms with Gasteiger partial charge in [-0.05, 0) is 37.3 Å². The van der Waals surface area contributed by atoms with Crippen LogP contribution in [0.25, 0.3) is 0 Å². The van der Waals surface area contributed by atoms with Crippen LogP contribution in [0.5, 0.6) is 0 Å². The number of hydrogen-bond acceptors (Lipinski definition) is 3. The molecule has 1 fully saturated rings. The minimum absolute atomic E-state index is 0.549. The Morgan fingerprint density at radius 2 is 2.20 bits per heavy atom. The van der Waals surface area contributed by atoms with Gasteiger partial charge in [-0.15, -0.1) is 0 Å². The van der Waals surface area contributed by atoms with Crippen molar-refractivity contribution >= 4 is 17.3 Å². The lowest BCUT2D eigenvalue weighted by Gasteiger charge is -2.30. The molecule has 1 saturated carbocycles. The molecule has 1 N–H and O–H groups in total. The van der Waals surface area contributed by atoms with Crippen LogP contribution in [-0.2, 0) is 11.3 Å². The molecule has 1 atom stereocenters. The topological polar surface area (TPSA) is 24.5 Å². The second kappa shape index (κ2) is 7.30. The highest BCUT2D eigenvalue weighted by Gasteiger charge is 2.31. The van der Waals surface area contributed by atoms with Crippen LogP contribution in [0.1, 0.15) is 25.3 Å². The van der Waals surface area contributed by atoms with Gasteiger partial charge in [-0.3, -0.25) is 0 Å². The first-order chi connectivity index (χ1) is 9.65. The number of halogens is 1. The van der Waals surface area contributed by atoms with Crippen molar-refractivity contribution in [3.63, 3.8) is 0 Å². The lowest BCUT2D eigenvalue weighted by atomic mass is 10.1. The molecule has 0 aromatic heterocycles. The highest BCUT2D eigenvalue weighted by atomic mass is 35.5. The summed E-state index contributed by atoms with van der Waals surface area (Å²) in [6.45, 7) is 4.69. The number of nitrogens with zero attached hydrogens (tertiary/aromatic N) is 1. The van der Waals surface area contributed by atoms with E-state index in [0.29, 0.717) is 6.04 Å². The number of rotatable bonds is 8. The van der Waals surface area contributed by atoms with E-state index in [2.05, 4.69) is 30.3 Å². The zero-order chi connectivity index (χ0) is 14.5. The van der Waals surface area contributed by atoms with Crippen molar-refractivity contribution in [3.8, 4) is 0 Å². The average molecular weight is 297 g/mol. The summed E-state index contributed by atoms with van der Waals surface area (Å²) in [5, 5.41) is 4.24. The van der Waals surface area contributed by atoms with Gasteiger partial charge in [-0.25, -0.2) is 0 Å². The summed E-state index contributed by atoms with van der Waals surface area (Å²) in [4.78, 5) is 2.34. The Kier molecular flexibility index (Phi) is 5.70. The average Bonchev–Trinajstić information content (AvgIpc) is 3.27. The van der Waals surface area contributed by atoms with Gasteiger partial charge in [0.15, 0.2) is 0 Å². The smallest absolute Gasteiger partial charge is 0.0642 e. The molecule has 112 valence electrons. The zero-order valence-electron chi connectivity index (χ0n) is 12.7. The molecule has 0 amide bonds. The largest absolute Gasteiger partial charge is 0.383 e. The van der Waals surface area contributed by atoms with Crippen LogP contribution in [-0.4, -0.2) is 33.4 Å². The highest BCUT2D eigenvalue weighted by molar-refractivity contribution is 6.33. The molecule has 1 unspecified atom stereocenters. The summed E-state index contributed by atoms with van der Waals surface area (Å²) < 4.78 is 5.06. The van der Waals surface area contributed by atoms with E-state index in [0.717, 1.165) is 30.6 Å². The summed E-state index contributed by atoms with van der Waals surface area (Å²) in [7, 11) is 3.88. The van der Waals surface area contributed by atoms with Gasteiger partial charge in [0.2, 0.25) is 0 Å². The van der Waals surface area contributed by atoms with Crippen molar-refractivity contribution < 1.29 is 4.74 Å².